The molecule has 2 N–H and O–H groups in total. The summed E-state index contributed by atoms with van der Waals surface area (Å²) in [6, 6.07) is 10.3. The Labute approximate surface area is 215 Å². The number of rotatable bonds is 8. The van der Waals surface area contributed by atoms with Gasteiger partial charge in [0.15, 0.2) is 11.6 Å². The predicted molar refractivity (Wildman–Crippen MR) is 144 cm³/mol. The van der Waals surface area contributed by atoms with Gasteiger partial charge in [0.05, 0.1) is 11.2 Å². The summed E-state index contributed by atoms with van der Waals surface area (Å²) >= 11 is 6.19. The third kappa shape index (κ3) is 6.15. The molecule has 2 aromatic carbocycles. The van der Waals surface area contributed by atoms with E-state index in [2.05, 4.69) is 41.9 Å². The standard InChI is InChI=1S/C28H30ClFN4O2/c1-5-17(2)15-34(4)16-18(3)19-6-9-21-23(14-19)31-13-12-24(21)36-25-11-10-22(26(29)27(25)30)33-28(35)32-20-7-8-20/h6,9-16,20H,5,7-8H2,1-4H3,(H2,32,33,35)/b17-15?,18-16+. The minimum atomic E-state index is -0.750. The molecule has 1 aliphatic carbocycles. The monoisotopic (exact) mass is 508 g/mol. The first-order valence-corrected chi connectivity index (χ1v) is 12.3. The Morgan fingerprint density at radius 3 is 2.69 bits per heavy atom. The number of hydrogen-bond donors (Lipinski definition) is 2. The van der Waals surface area contributed by atoms with Crippen LogP contribution in [0.4, 0.5) is 14.9 Å². The fourth-order valence-corrected chi connectivity index (χ4v) is 3.91. The van der Waals surface area contributed by atoms with Crippen LogP contribution in [-0.2, 0) is 0 Å². The molecule has 4 rings (SSSR count). The Bertz CT molecular complexity index is 1350. The average Bonchev–Trinajstić information content (AvgIpc) is 3.67. The van der Waals surface area contributed by atoms with Gasteiger partial charge in [-0.05, 0) is 74.6 Å². The number of aromatic nitrogens is 1. The van der Waals surface area contributed by atoms with Crippen molar-refractivity contribution < 1.29 is 13.9 Å². The lowest BCUT2D eigenvalue weighted by Gasteiger charge is -2.14. The van der Waals surface area contributed by atoms with Gasteiger partial charge in [0.1, 0.15) is 10.8 Å². The lowest BCUT2D eigenvalue weighted by atomic mass is 10.1. The Hall–Kier alpha value is -3.58. The van der Waals surface area contributed by atoms with E-state index in [0.717, 1.165) is 41.3 Å². The van der Waals surface area contributed by atoms with Crippen molar-refractivity contribution in [1.29, 1.82) is 0 Å². The lowest BCUT2D eigenvalue weighted by Crippen LogP contribution is -2.30. The van der Waals surface area contributed by atoms with Crippen LogP contribution in [0.2, 0.25) is 5.02 Å². The molecular weight excluding hydrogens is 479 g/mol. The smallest absolute Gasteiger partial charge is 0.319 e. The van der Waals surface area contributed by atoms with Crippen molar-refractivity contribution in [3.63, 3.8) is 0 Å². The van der Waals surface area contributed by atoms with E-state index in [1.165, 1.54) is 17.7 Å². The minimum Gasteiger partial charge on any atom is -0.453 e. The normalized spacial score (nSPS) is 14.1. The number of carbonyl (C=O) groups is 1. The van der Waals surface area contributed by atoms with Crippen LogP contribution in [0.1, 0.15) is 45.6 Å². The number of ether oxygens (including phenoxy) is 1. The summed E-state index contributed by atoms with van der Waals surface area (Å²) in [6.45, 7) is 6.28. The van der Waals surface area contributed by atoms with Crippen molar-refractivity contribution >= 4 is 39.8 Å². The van der Waals surface area contributed by atoms with E-state index in [4.69, 9.17) is 16.3 Å². The highest BCUT2D eigenvalue weighted by molar-refractivity contribution is 6.34. The summed E-state index contributed by atoms with van der Waals surface area (Å²) in [5.41, 5.74) is 4.30. The number of allylic oxidation sites excluding steroid dienone is 2. The van der Waals surface area contributed by atoms with Crippen LogP contribution in [-0.4, -0.2) is 29.0 Å². The van der Waals surface area contributed by atoms with Crippen molar-refractivity contribution in [3.05, 3.63) is 77.0 Å². The van der Waals surface area contributed by atoms with E-state index < -0.39 is 11.8 Å². The number of amides is 2. The van der Waals surface area contributed by atoms with E-state index >= 15 is 4.39 Å². The first kappa shape index (κ1) is 25.5. The maximum absolute atomic E-state index is 15.0. The second kappa shape index (κ2) is 11.0. The topological polar surface area (TPSA) is 66.5 Å². The van der Waals surface area contributed by atoms with Crippen LogP contribution in [0, 0.1) is 5.82 Å². The zero-order chi connectivity index (χ0) is 25.8. The number of fused-ring (bicyclic) bond motifs is 1. The molecule has 0 aliphatic heterocycles. The minimum absolute atomic E-state index is 0.0412. The van der Waals surface area contributed by atoms with Crippen molar-refractivity contribution in [2.45, 2.75) is 46.1 Å². The van der Waals surface area contributed by atoms with Gasteiger partial charge in [-0.1, -0.05) is 30.2 Å². The third-order valence-electron chi connectivity index (χ3n) is 5.96. The third-order valence-corrected chi connectivity index (χ3v) is 6.33. The molecule has 1 aromatic heterocycles. The van der Waals surface area contributed by atoms with Crippen molar-refractivity contribution in [2.75, 3.05) is 12.4 Å². The predicted octanol–water partition coefficient (Wildman–Crippen LogP) is 7.71. The first-order chi connectivity index (χ1) is 17.2. The molecule has 2 amide bonds. The van der Waals surface area contributed by atoms with E-state index in [-0.39, 0.29) is 22.5 Å². The molecule has 0 radical (unpaired) electrons. The van der Waals surface area contributed by atoms with Gasteiger partial charge in [0.2, 0.25) is 0 Å². The van der Waals surface area contributed by atoms with Gasteiger partial charge in [-0.2, -0.15) is 0 Å². The molecule has 1 saturated carbocycles. The molecule has 1 heterocycles. The number of benzene rings is 2. The molecule has 1 aliphatic rings. The summed E-state index contributed by atoms with van der Waals surface area (Å²) in [7, 11) is 2.01. The fourth-order valence-electron chi connectivity index (χ4n) is 3.71. The maximum atomic E-state index is 15.0. The van der Waals surface area contributed by atoms with Crippen LogP contribution in [0.5, 0.6) is 11.5 Å². The Balaban J connectivity index is 1.55. The molecule has 6 nitrogen and oxygen atoms in total. The molecule has 0 saturated heterocycles. The second-order valence-electron chi connectivity index (χ2n) is 9.06. The van der Waals surface area contributed by atoms with E-state index in [0.29, 0.717) is 5.75 Å². The van der Waals surface area contributed by atoms with E-state index in [1.54, 1.807) is 12.3 Å². The van der Waals surface area contributed by atoms with Gasteiger partial charge in [0, 0.05) is 37.1 Å². The molecule has 0 bridgehead atoms. The van der Waals surface area contributed by atoms with Gasteiger partial charge in [-0.25, -0.2) is 9.18 Å². The van der Waals surface area contributed by atoms with Gasteiger partial charge >= 0.3 is 6.03 Å². The van der Waals surface area contributed by atoms with Crippen molar-refractivity contribution in [1.82, 2.24) is 15.2 Å². The maximum Gasteiger partial charge on any atom is 0.319 e. The molecule has 36 heavy (non-hydrogen) atoms. The molecule has 3 aromatic rings. The highest BCUT2D eigenvalue weighted by atomic mass is 35.5. The second-order valence-corrected chi connectivity index (χ2v) is 9.44. The van der Waals surface area contributed by atoms with Gasteiger partial charge in [-0.3, -0.25) is 4.98 Å². The van der Waals surface area contributed by atoms with Crippen molar-refractivity contribution in [3.8, 4) is 11.5 Å². The summed E-state index contributed by atoms with van der Waals surface area (Å²) < 4.78 is 20.9. The van der Waals surface area contributed by atoms with Crippen molar-refractivity contribution in [2.24, 2.45) is 0 Å². The number of halogens is 2. The molecule has 0 atom stereocenters. The zero-order valence-electron chi connectivity index (χ0n) is 20.9. The molecular formula is C28H30ClFN4O2. The highest BCUT2D eigenvalue weighted by Crippen LogP contribution is 2.36. The zero-order valence-corrected chi connectivity index (χ0v) is 21.6. The number of urea groups is 1. The van der Waals surface area contributed by atoms with Crippen LogP contribution in [0.25, 0.3) is 16.5 Å². The fraction of sp³-hybridized carbons (Fsp3) is 0.286. The number of hydrogen-bond acceptors (Lipinski definition) is 4. The van der Waals surface area contributed by atoms with Gasteiger partial charge in [-0.15, -0.1) is 0 Å². The highest BCUT2D eigenvalue weighted by Gasteiger charge is 2.24. The van der Waals surface area contributed by atoms with Gasteiger partial charge < -0.3 is 20.3 Å². The molecule has 1 fully saturated rings. The molecule has 8 heteroatoms. The number of nitrogens with zero attached hydrogens (tertiary/aromatic N) is 2. The number of nitrogens with one attached hydrogen (secondary N) is 2. The van der Waals surface area contributed by atoms with Crippen LogP contribution in [0.15, 0.2) is 60.6 Å². The lowest BCUT2D eigenvalue weighted by molar-refractivity contribution is 0.251. The number of carbonyl (C=O) groups excluding carboxylic acids is 1. The Kier molecular flexibility index (Phi) is 7.79. The first-order valence-electron chi connectivity index (χ1n) is 11.9. The summed E-state index contributed by atoms with van der Waals surface area (Å²) in [6.07, 6.45) is 8.70. The van der Waals surface area contributed by atoms with E-state index in [1.807, 2.05) is 37.1 Å². The Morgan fingerprint density at radius 2 is 1.97 bits per heavy atom. The summed E-state index contributed by atoms with van der Waals surface area (Å²) in [5.74, 6) is -0.339. The quantitative estimate of drug-likeness (QED) is 0.327. The van der Waals surface area contributed by atoms with Crippen LogP contribution < -0.4 is 15.4 Å². The van der Waals surface area contributed by atoms with Crippen LogP contribution >= 0.6 is 11.6 Å². The average molecular weight is 509 g/mol. The molecule has 0 unspecified atom stereocenters. The number of pyridine rings is 1. The van der Waals surface area contributed by atoms with Crippen LogP contribution in [0.3, 0.4) is 0 Å². The SMILES string of the molecule is CCC(C)=CN(C)/C=C(\C)c1ccc2c(Oc3ccc(NC(=O)NC4CC4)c(Cl)c3F)ccnc2c1. The summed E-state index contributed by atoms with van der Waals surface area (Å²) in [5, 5.41) is 5.89. The number of anilines is 1. The molecule has 0 spiro atoms. The van der Waals surface area contributed by atoms with Gasteiger partial charge in [0.25, 0.3) is 0 Å². The largest absolute Gasteiger partial charge is 0.453 e. The van der Waals surface area contributed by atoms with E-state index in [9.17, 15) is 4.79 Å². The Morgan fingerprint density at radius 1 is 1.19 bits per heavy atom. The molecule has 188 valence electrons. The summed E-state index contributed by atoms with van der Waals surface area (Å²) in [4.78, 5) is 18.5.